The third kappa shape index (κ3) is 3.68. The number of likely N-dealkylation sites (N-methyl/N-ethyl adjacent to an activating group) is 1. The maximum Gasteiger partial charge on any atom is 0.437 e. The van der Waals surface area contributed by atoms with E-state index in [9.17, 15) is 4.79 Å². The highest BCUT2D eigenvalue weighted by Crippen LogP contribution is 2.15. The van der Waals surface area contributed by atoms with E-state index in [2.05, 4.69) is 5.10 Å². The SMILES string of the molecule is CN(C)CCn1nc(CC2CCCCO2)oc1=O. The highest BCUT2D eigenvalue weighted by atomic mass is 16.5. The topological polar surface area (TPSA) is 60.5 Å². The molecule has 1 fully saturated rings. The van der Waals surface area contributed by atoms with Gasteiger partial charge in [-0.15, -0.1) is 5.10 Å². The van der Waals surface area contributed by atoms with Crippen LogP contribution in [0.15, 0.2) is 9.21 Å². The van der Waals surface area contributed by atoms with Gasteiger partial charge in [-0.25, -0.2) is 4.79 Å². The maximum absolute atomic E-state index is 11.6. The molecule has 1 aliphatic heterocycles. The third-order valence-electron chi connectivity index (χ3n) is 3.08. The number of hydrogen-bond acceptors (Lipinski definition) is 5. The summed E-state index contributed by atoms with van der Waals surface area (Å²) >= 11 is 0. The van der Waals surface area contributed by atoms with Crippen LogP contribution in [0.5, 0.6) is 0 Å². The molecule has 0 spiro atoms. The van der Waals surface area contributed by atoms with Crippen molar-refractivity contribution in [1.29, 1.82) is 0 Å². The highest BCUT2D eigenvalue weighted by Gasteiger charge is 2.18. The molecule has 6 nitrogen and oxygen atoms in total. The lowest BCUT2D eigenvalue weighted by atomic mass is 10.1. The predicted molar refractivity (Wildman–Crippen MR) is 66.6 cm³/mol. The Morgan fingerprint density at radius 2 is 2.28 bits per heavy atom. The Kier molecular flexibility index (Phi) is 4.54. The summed E-state index contributed by atoms with van der Waals surface area (Å²) in [5.41, 5.74) is 0. The Morgan fingerprint density at radius 3 is 2.94 bits per heavy atom. The van der Waals surface area contributed by atoms with Crippen LogP contribution in [-0.2, 0) is 17.7 Å². The number of ether oxygens (including phenoxy) is 1. The molecule has 0 amide bonds. The standard InChI is InChI=1S/C12H21N3O3/c1-14(2)6-7-15-12(16)18-11(13-15)9-10-5-3-4-8-17-10/h10H,3-9H2,1-2H3. The second-order valence-corrected chi connectivity index (χ2v) is 4.98. The van der Waals surface area contributed by atoms with Gasteiger partial charge in [0.2, 0.25) is 5.89 Å². The average molecular weight is 255 g/mol. The Labute approximate surface area is 107 Å². The molecule has 0 saturated carbocycles. The molecular formula is C12H21N3O3. The van der Waals surface area contributed by atoms with E-state index in [1.165, 1.54) is 11.1 Å². The minimum atomic E-state index is -0.373. The number of nitrogens with zero attached hydrogens (tertiary/aromatic N) is 3. The van der Waals surface area contributed by atoms with Gasteiger partial charge in [0.05, 0.1) is 19.1 Å². The van der Waals surface area contributed by atoms with Gasteiger partial charge in [0.25, 0.3) is 0 Å². The van der Waals surface area contributed by atoms with Gasteiger partial charge in [-0.3, -0.25) is 0 Å². The monoisotopic (exact) mass is 255 g/mol. The van der Waals surface area contributed by atoms with Crippen molar-refractivity contribution in [1.82, 2.24) is 14.7 Å². The molecule has 1 unspecified atom stereocenters. The third-order valence-corrected chi connectivity index (χ3v) is 3.08. The van der Waals surface area contributed by atoms with Crippen molar-refractivity contribution in [3.05, 3.63) is 16.4 Å². The van der Waals surface area contributed by atoms with Gasteiger partial charge in [-0.2, -0.15) is 4.68 Å². The van der Waals surface area contributed by atoms with Crippen molar-refractivity contribution in [3.8, 4) is 0 Å². The highest BCUT2D eigenvalue weighted by molar-refractivity contribution is 4.81. The van der Waals surface area contributed by atoms with Crippen LogP contribution in [0.1, 0.15) is 25.2 Å². The summed E-state index contributed by atoms with van der Waals surface area (Å²) in [6.07, 6.45) is 4.07. The fraction of sp³-hybridized carbons (Fsp3) is 0.833. The zero-order valence-corrected chi connectivity index (χ0v) is 11.1. The Balaban J connectivity index is 1.93. The van der Waals surface area contributed by atoms with Crippen LogP contribution >= 0.6 is 0 Å². The van der Waals surface area contributed by atoms with E-state index in [0.717, 1.165) is 26.0 Å². The van der Waals surface area contributed by atoms with E-state index < -0.39 is 0 Å². The molecule has 1 aromatic heterocycles. The largest absolute Gasteiger partial charge is 0.437 e. The summed E-state index contributed by atoms with van der Waals surface area (Å²) in [7, 11) is 3.92. The Morgan fingerprint density at radius 1 is 1.44 bits per heavy atom. The lowest BCUT2D eigenvalue weighted by Gasteiger charge is -2.20. The first kappa shape index (κ1) is 13.3. The molecule has 0 aromatic carbocycles. The molecular weight excluding hydrogens is 234 g/mol. The van der Waals surface area contributed by atoms with E-state index >= 15 is 0 Å². The smallest absolute Gasteiger partial charge is 0.392 e. The van der Waals surface area contributed by atoms with E-state index in [4.69, 9.17) is 9.15 Å². The molecule has 1 aromatic rings. The van der Waals surface area contributed by atoms with Crippen molar-refractivity contribution >= 4 is 0 Å². The quantitative estimate of drug-likeness (QED) is 0.767. The summed E-state index contributed by atoms with van der Waals surface area (Å²) in [5.74, 6) is 0.119. The van der Waals surface area contributed by atoms with Gasteiger partial charge in [0, 0.05) is 13.2 Å². The lowest BCUT2D eigenvalue weighted by molar-refractivity contribution is 0.0130. The predicted octanol–water partition coefficient (Wildman–Crippen LogP) is 0.509. The van der Waals surface area contributed by atoms with Crippen LogP contribution in [0.4, 0.5) is 0 Å². The molecule has 2 heterocycles. The molecule has 2 rings (SSSR count). The van der Waals surface area contributed by atoms with Crippen molar-refractivity contribution in [2.45, 2.75) is 38.3 Å². The van der Waals surface area contributed by atoms with Crippen LogP contribution in [0.3, 0.4) is 0 Å². The molecule has 1 saturated heterocycles. The molecule has 0 bridgehead atoms. The number of aromatic nitrogens is 2. The minimum absolute atomic E-state index is 0.152. The summed E-state index contributed by atoms with van der Waals surface area (Å²) in [4.78, 5) is 13.6. The van der Waals surface area contributed by atoms with Gasteiger partial charge >= 0.3 is 5.76 Å². The van der Waals surface area contributed by atoms with Gasteiger partial charge < -0.3 is 14.1 Å². The summed E-state index contributed by atoms with van der Waals surface area (Å²) in [6.45, 7) is 2.13. The van der Waals surface area contributed by atoms with Crippen molar-refractivity contribution in [3.63, 3.8) is 0 Å². The minimum Gasteiger partial charge on any atom is -0.392 e. The van der Waals surface area contributed by atoms with E-state index in [1.807, 2.05) is 19.0 Å². The van der Waals surface area contributed by atoms with Crippen LogP contribution < -0.4 is 5.76 Å². The summed E-state index contributed by atoms with van der Waals surface area (Å²) in [6, 6.07) is 0. The van der Waals surface area contributed by atoms with Gasteiger partial charge in [0.1, 0.15) is 0 Å². The van der Waals surface area contributed by atoms with E-state index in [1.54, 1.807) is 0 Å². The first-order valence-corrected chi connectivity index (χ1v) is 6.48. The van der Waals surface area contributed by atoms with E-state index in [0.29, 0.717) is 18.9 Å². The molecule has 0 N–H and O–H groups in total. The van der Waals surface area contributed by atoms with Gasteiger partial charge in [-0.05, 0) is 33.4 Å². The van der Waals surface area contributed by atoms with E-state index in [-0.39, 0.29) is 11.9 Å². The molecule has 0 aliphatic carbocycles. The molecule has 18 heavy (non-hydrogen) atoms. The van der Waals surface area contributed by atoms with Crippen LogP contribution in [-0.4, -0.2) is 48.0 Å². The van der Waals surface area contributed by atoms with Crippen molar-refractivity contribution in [2.24, 2.45) is 0 Å². The molecule has 6 heteroatoms. The van der Waals surface area contributed by atoms with Crippen molar-refractivity contribution < 1.29 is 9.15 Å². The lowest BCUT2D eigenvalue weighted by Crippen LogP contribution is -2.25. The molecule has 1 atom stereocenters. The Bertz CT molecular complexity index is 418. The first-order chi connectivity index (χ1) is 8.65. The van der Waals surface area contributed by atoms with Gasteiger partial charge in [0.15, 0.2) is 0 Å². The fourth-order valence-electron chi connectivity index (χ4n) is 2.03. The molecule has 102 valence electrons. The van der Waals surface area contributed by atoms with Crippen LogP contribution in [0.2, 0.25) is 0 Å². The molecule has 0 radical (unpaired) electrons. The van der Waals surface area contributed by atoms with Crippen molar-refractivity contribution in [2.75, 3.05) is 27.2 Å². The Hall–Kier alpha value is -1.14. The zero-order chi connectivity index (χ0) is 13.0. The first-order valence-electron chi connectivity index (χ1n) is 6.48. The second-order valence-electron chi connectivity index (χ2n) is 4.98. The molecule has 1 aliphatic rings. The number of rotatable bonds is 5. The second kappa shape index (κ2) is 6.15. The summed E-state index contributed by atoms with van der Waals surface area (Å²) < 4.78 is 12.1. The van der Waals surface area contributed by atoms with Crippen LogP contribution in [0, 0.1) is 0 Å². The maximum atomic E-state index is 11.6. The number of hydrogen-bond donors (Lipinski definition) is 0. The van der Waals surface area contributed by atoms with Gasteiger partial charge in [-0.1, -0.05) is 0 Å². The summed E-state index contributed by atoms with van der Waals surface area (Å²) in [5, 5.41) is 4.21. The zero-order valence-electron chi connectivity index (χ0n) is 11.1. The fourth-order valence-corrected chi connectivity index (χ4v) is 2.03. The van der Waals surface area contributed by atoms with Crippen LogP contribution in [0.25, 0.3) is 0 Å². The average Bonchev–Trinajstić information content (AvgIpc) is 2.68. The normalized spacial score (nSPS) is 20.5.